The molecule has 2 amide bonds. The topological polar surface area (TPSA) is 92.6 Å². The predicted molar refractivity (Wildman–Crippen MR) is 102 cm³/mol. The van der Waals surface area contributed by atoms with Crippen LogP contribution in [0.2, 0.25) is 10.0 Å². The first-order valence-electron chi connectivity index (χ1n) is 7.60. The Hall–Kier alpha value is -2.16. The van der Waals surface area contributed by atoms with Gasteiger partial charge in [-0.05, 0) is 30.7 Å². The molecule has 0 atom stereocenters. The van der Waals surface area contributed by atoms with E-state index in [0.29, 0.717) is 23.7 Å². The van der Waals surface area contributed by atoms with Gasteiger partial charge >= 0.3 is 5.00 Å². The van der Waals surface area contributed by atoms with E-state index in [4.69, 9.17) is 23.2 Å². The van der Waals surface area contributed by atoms with Crippen LogP contribution >= 0.6 is 34.5 Å². The third kappa shape index (κ3) is 5.17. The molecule has 7 nitrogen and oxygen atoms in total. The van der Waals surface area contributed by atoms with Crippen molar-refractivity contribution in [1.82, 2.24) is 4.90 Å². The zero-order valence-electron chi connectivity index (χ0n) is 13.7. The van der Waals surface area contributed by atoms with E-state index in [9.17, 15) is 19.7 Å². The van der Waals surface area contributed by atoms with E-state index in [2.05, 4.69) is 5.32 Å². The summed E-state index contributed by atoms with van der Waals surface area (Å²) in [6.07, 6.45) is 0.633. The van der Waals surface area contributed by atoms with Crippen LogP contribution in [0.4, 0.5) is 10.7 Å². The monoisotopic (exact) mass is 415 g/mol. The number of hydrogen-bond acceptors (Lipinski definition) is 5. The summed E-state index contributed by atoms with van der Waals surface area (Å²) in [5.41, 5.74) is 0.386. The van der Waals surface area contributed by atoms with Crippen molar-refractivity contribution >= 4 is 57.0 Å². The molecule has 1 N–H and O–H groups in total. The molecule has 0 aliphatic rings. The molecule has 0 unspecified atom stereocenters. The molecule has 1 aromatic carbocycles. The highest BCUT2D eigenvalue weighted by Gasteiger charge is 2.22. The van der Waals surface area contributed by atoms with Gasteiger partial charge in [-0.3, -0.25) is 19.7 Å². The number of nitrogens with one attached hydrogen (secondary N) is 1. The molecular weight excluding hydrogens is 401 g/mol. The van der Waals surface area contributed by atoms with Gasteiger partial charge in [0.15, 0.2) is 0 Å². The highest BCUT2D eigenvalue weighted by molar-refractivity contribution is 7.17. The van der Waals surface area contributed by atoms with Crippen LogP contribution in [-0.2, 0) is 4.79 Å². The number of benzene rings is 1. The lowest BCUT2D eigenvalue weighted by atomic mass is 10.3. The zero-order valence-corrected chi connectivity index (χ0v) is 16.0. The van der Waals surface area contributed by atoms with Crippen LogP contribution in [-0.4, -0.2) is 34.7 Å². The summed E-state index contributed by atoms with van der Waals surface area (Å²) >= 11 is 12.6. The highest BCUT2D eigenvalue weighted by Crippen LogP contribution is 2.26. The number of halogens is 2. The molecule has 0 saturated heterocycles. The number of amides is 2. The van der Waals surface area contributed by atoms with Crippen molar-refractivity contribution in [2.24, 2.45) is 0 Å². The van der Waals surface area contributed by atoms with Crippen LogP contribution in [0.3, 0.4) is 0 Å². The number of carbonyl (C=O) groups is 2. The van der Waals surface area contributed by atoms with Crippen LogP contribution in [0.5, 0.6) is 0 Å². The number of nitrogens with zero attached hydrogens (tertiary/aromatic N) is 2. The molecule has 0 aliphatic carbocycles. The fourth-order valence-corrected chi connectivity index (χ4v) is 3.42. The highest BCUT2D eigenvalue weighted by atomic mass is 35.5. The molecule has 0 bridgehead atoms. The largest absolute Gasteiger partial charge is 0.329 e. The molecule has 2 aromatic rings. The van der Waals surface area contributed by atoms with Crippen LogP contribution in [0.15, 0.2) is 30.3 Å². The maximum atomic E-state index is 12.6. The third-order valence-electron chi connectivity index (χ3n) is 3.30. The van der Waals surface area contributed by atoms with Crippen LogP contribution < -0.4 is 5.32 Å². The number of hydrogen-bond donors (Lipinski definition) is 1. The molecule has 0 radical (unpaired) electrons. The maximum Gasteiger partial charge on any atom is 0.324 e. The maximum absolute atomic E-state index is 12.6. The fourth-order valence-electron chi connectivity index (χ4n) is 2.17. The molecule has 0 saturated carbocycles. The minimum Gasteiger partial charge on any atom is -0.329 e. The average molecular weight is 416 g/mol. The first-order valence-corrected chi connectivity index (χ1v) is 9.17. The smallest absolute Gasteiger partial charge is 0.324 e. The summed E-state index contributed by atoms with van der Waals surface area (Å²) in [6, 6.07) is 7.32. The summed E-state index contributed by atoms with van der Waals surface area (Å²) in [6.45, 7) is 2.01. The van der Waals surface area contributed by atoms with Crippen LogP contribution in [0.25, 0.3) is 0 Å². The van der Waals surface area contributed by atoms with Crippen molar-refractivity contribution < 1.29 is 14.5 Å². The Balaban J connectivity index is 2.09. The Morgan fingerprint density at radius 1 is 1.27 bits per heavy atom. The minimum absolute atomic E-state index is 0.123. The van der Waals surface area contributed by atoms with E-state index in [-0.39, 0.29) is 21.4 Å². The zero-order chi connectivity index (χ0) is 19.3. The van der Waals surface area contributed by atoms with Gasteiger partial charge in [-0.25, -0.2) is 0 Å². The minimum atomic E-state index is -0.555. The number of thiophene rings is 1. The van der Waals surface area contributed by atoms with Gasteiger partial charge in [0.1, 0.15) is 6.54 Å². The van der Waals surface area contributed by atoms with Gasteiger partial charge in [-0.1, -0.05) is 41.5 Å². The molecule has 138 valence electrons. The SMILES string of the molecule is CCCN(CC(=O)Nc1ccc(Cl)cc1Cl)C(=O)c1ccc([N+](=O)[O-])s1. The van der Waals surface area contributed by atoms with Gasteiger partial charge in [0.2, 0.25) is 5.91 Å². The summed E-state index contributed by atoms with van der Waals surface area (Å²) in [7, 11) is 0. The van der Waals surface area contributed by atoms with Crippen molar-refractivity contribution in [1.29, 1.82) is 0 Å². The summed E-state index contributed by atoms with van der Waals surface area (Å²) < 4.78 is 0. The van der Waals surface area contributed by atoms with Crippen molar-refractivity contribution in [3.8, 4) is 0 Å². The van der Waals surface area contributed by atoms with Crippen molar-refractivity contribution in [2.75, 3.05) is 18.4 Å². The molecule has 1 heterocycles. The molecule has 0 spiro atoms. The van der Waals surface area contributed by atoms with E-state index in [1.165, 1.54) is 23.1 Å². The second-order valence-corrected chi connectivity index (χ2v) is 7.20. The number of nitro groups is 1. The quantitative estimate of drug-likeness (QED) is 0.533. The van der Waals surface area contributed by atoms with Gasteiger partial charge in [0, 0.05) is 17.6 Å². The Bertz CT molecular complexity index is 841. The Labute approximate surface area is 163 Å². The summed E-state index contributed by atoms with van der Waals surface area (Å²) in [5, 5.41) is 14.0. The lowest BCUT2D eigenvalue weighted by Crippen LogP contribution is -2.38. The van der Waals surface area contributed by atoms with Gasteiger partial charge in [-0.15, -0.1) is 0 Å². The van der Waals surface area contributed by atoms with Crippen LogP contribution in [0.1, 0.15) is 23.0 Å². The van der Waals surface area contributed by atoms with E-state index < -0.39 is 16.7 Å². The Kier molecular flexibility index (Phi) is 6.96. The van der Waals surface area contributed by atoms with Gasteiger partial charge in [0.05, 0.1) is 20.5 Å². The lowest BCUT2D eigenvalue weighted by molar-refractivity contribution is -0.380. The van der Waals surface area contributed by atoms with E-state index in [1.807, 2.05) is 6.92 Å². The van der Waals surface area contributed by atoms with Gasteiger partial charge < -0.3 is 10.2 Å². The van der Waals surface area contributed by atoms with Crippen molar-refractivity contribution in [3.63, 3.8) is 0 Å². The van der Waals surface area contributed by atoms with E-state index in [0.717, 1.165) is 11.3 Å². The number of rotatable bonds is 7. The molecular formula is C16H15Cl2N3O4S. The van der Waals surface area contributed by atoms with Crippen molar-refractivity contribution in [3.05, 3.63) is 55.4 Å². The first-order chi connectivity index (χ1) is 12.3. The molecule has 2 rings (SSSR count). The molecule has 0 fully saturated rings. The first kappa shape index (κ1) is 20.2. The second kappa shape index (κ2) is 8.98. The van der Waals surface area contributed by atoms with E-state index in [1.54, 1.807) is 12.1 Å². The third-order valence-corrected chi connectivity index (χ3v) is 4.88. The standard InChI is InChI=1S/C16H15Cl2N3O4S/c1-2-7-20(16(23)13-5-6-15(26-13)21(24)25)9-14(22)19-12-4-3-10(17)8-11(12)18/h3-6,8H,2,7,9H2,1H3,(H,19,22). The Morgan fingerprint density at radius 2 is 2.00 bits per heavy atom. The predicted octanol–water partition coefficient (Wildman–Crippen LogP) is 4.45. The van der Waals surface area contributed by atoms with Gasteiger partial charge in [0.25, 0.3) is 5.91 Å². The van der Waals surface area contributed by atoms with Crippen molar-refractivity contribution in [2.45, 2.75) is 13.3 Å². The summed E-state index contributed by atoms with van der Waals surface area (Å²) in [5.74, 6) is -0.857. The Morgan fingerprint density at radius 3 is 2.58 bits per heavy atom. The molecule has 0 aliphatic heterocycles. The van der Waals surface area contributed by atoms with Crippen LogP contribution in [0, 0.1) is 10.1 Å². The molecule has 1 aromatic heterocycles. The number of anilines is 1. The normalized spacial score (nSPS) is 10.4. The lowest BCUT2D eigenvalue weighted by Gasteiger charge is -2.21. The second-order valence-electron chi connectivity index (χ2n) is 5.29. The number of carbonyl (C=O) groups excluding carboxylic acids is 2. The molecule has 26 heavy (non-hydrogen) atoms. The molecule has 10 heteroatoms. The average Bonchev–Trinajstić information content (AvgIpc) is 3.07. The van der Waals surface area contributed by atoms with Gasteiger partial charge in [-0.2, -0.15) is 0 Å². The van der Waals surface area contributed by atoms with E-state index >= 15 is 0 Å². The summed E-state index contributed by atoms with van der Waals surface area (Å²) in [4.78, 5) is 36.6. The fraction of sp³-hybridized carbons (Fsp3) is 0.250.